The van der Waals surface area contributed by atoms with Crippen molar-refractivity contribution in [2.45, 2.75) is 86.5 Å². The van der Waals surface area contributed by atoms with E-state index >= 15 is 0 Å². The number of imidazole rings is 1. The van der Waals surface area contributed by atoms with Crippen molar-refractivity contribution in [2.24, 2.45) is 11.8 Å². The van der Waals surface area contributed by atoms with Crippen LogP contribution < -0.4 is 0 Å². The molecule has 0 atom stereocenters. The van der Waals surface area contributed by atoms with Crippen LogP contribution in [-0.4, -0.2) is 20.3 Å². The van der Waals surface area contributed by atoms with Crippen molar-refractivity contribution in [3.63, 3.8) is 0 Å². The van der Waals surface area contributed by atoms with E-state index in [0.717, 1.165) is 59.2 Å². The van der Waals surface area contributed by atoms with E-state index < -0.39 is 0 Å². The summed E-state index contributed by atoms with van der Waals surface area (Å²) >= 11 is 0. The number of nitrogens with zero attached hydrogens (tertiary/aromatic N) is 2. The summed E-state index contributed by atoms with van der Waals surface area (Å²) in [6.45, 7) is 24.6. The van der Waals surface area contributed by atoms with Gasteiger partial charge in [-0.3, -0.25) is 4.79 Å². The Balaban J connectivity index is 0.000000325. The molecule has 0 spiro atoms. The fraction of sp³-hybridized carbons (Fsp3) is 0.273. The number of hydrogen-bond acceptors (Lipinski definition) is 3. The van der Waals surface area contributed by atoms with Gasteiger partial charge in [-0.15, -0.1) is 17.5 Å². The van der Waals surface area contributed by atoms with Crippen molar-refractivity contribution in [3.8, 4) is 11.4 Å². The first kappa shape index (κ1) is 45.9. The van der Waals surface area contributed by atoms with Crippen LogP contribution in [0.15, 0.2) is 133 Å². The van der Waals surface area contributed by atoms with Crippen molar-refractivity contribution >= 4 is 65.4 Å². The number of para-hydroxylation sites is 2. The first-order chi connectivity index (χ1) is 28.5. The summed E-state index contributed by atoms with van der Waals surface area (Å²) in [6.07, 6.45) is 4.91. The van der Waals surface area contributed by atoms with Gasteiger partial charge in [0.05, 0.1) is 28.1 Å². The Morgan fingerprint density at radius 2 is 1.10 bits per heavy atom. The fourth-order valence-electron chi connectivity index (χ4n) is 8.60. The van der Waals surface area contributed by atoms with Gasteiger partial charge in [0.15, 0.2) is 5.78 Å². The number of rotatable bonds is 8. The molecule has 2 aromatic heterocycles. The van der Waals surface area contributed by atoms with E-state index in [1.54, 1.807) is 6.92 Å². The Morgan fingerprint density at radius 1 is 0.650 bits per heavy atom. The third kappa shape index (κ3) is 8.80. The van der Waals surface area contributed by atoms with Gasteiger partial charge >= 0.3 is 0 Å². The molecule has 4 nitrogen and oxygen atoms in total. The van der Waals surface area contributed by atoms with E-state index in [0.29, 0.717) is 0 Å². The number of benzene rings is 6. The van der Waals surface area contributed by atoms with E-state index in [1.165, 1.54) is 54.7 Å². The average Bonchev–Trinajstić information content (AvgIpc) is 3.66. The van der Waals surface area contributed by atoms with Crippen LogP contribution in [0.5, 0.6) is 0 Å². The van der Waals surface area contributed by atoms with Crippen molar-refractivity contribution in [1.29, 1.82) is 0 Å². The van der Waals surface area contributed by atoms with Gasteiger partial charge < -0.3 is 16.4 Å². The topological polar surface area (TPSA) is 54.6 Å². The van der Waals surface area contributed by atoms with Crippen molar-refractivity contribution < 1.29 is 30.0 Å². The smallest absolute Gasteiger partial charge is 0.162 e. The zero-order chi connectivity index (χ0) is 42.4. The standard InChI is InChI=1S/C40H31N2.C13H24O2.C2H5.Ir/c1-25-26-14-5-10-19-31(26)35(40(2,3)4)24-34(25)39-41-36-22-13-21-33-30-18-9-7-16-28(30)27-15-6-8-17-29(27)32-20-11-12-23-37(32)42(39)38(33)36;1-5-10(6-2)12(14)9-13(15)11(7-3)8-4;1-2;/h5-24H,1H2,2-4H3;9-11,14H,5-8H2,1-4H3;1H2,2H3;/q-1;;-1;/b;12-9-;;. The molecule has 0 saturated heterocycles. The molecule has 6 aromatic carbocycles. The molecular weight excluding hydrogens is 913 g/mol. The Kier molecular flexibility index (Phi) is 15.2. The van der Waals surface area contributed by atoms with Crippen LogP contribution >= 0.6 is 0 Å². The van der Waals surface area contributed by atoms with Crippen LogP contribution in [0.25, 0.3) is 71.0 Å². The molecule has 60 heavy (non-hydrogen) atoms. The van der Waals surface area contributed by atoms with Gasteiger partial charge in [-0.05, 0) is 64.8 Å². The summed E-state index contributed by atoms with van der Waals surface area (Å²) in [7, 11) is 0. The van der Waals surface area contributed by atoms with Gasteiger partial charge in [0.2, 0.25) is 0 Å². The summed E-state index contributed by atoms with van der Waals surface area (Å²) in [4.78, 5) is 17.1. The number of carbonyl (C=O) groups excluding carboxylic acids is 1. The molecule has 8 aromatic rings. The maximum atomic E-state index is 11.7. The second kappa shape index (κ2) is 19.9. The maximum Gasteiger partial charge on any atom is 0.162 e. The van der Waals surface area contributed by atoms with Crippen LogP contribution in [0, 0.1) is 25.7 Å². The summed E-state index contributed by atoms with van der Waals surface area (Å²) in [5, 5.41) is 19.4. The van der Waals surface area contributed by atoms with Gasteiger partial charge in [-0.1, -0.05) is 162 Å². The molecule has 0 unspecified atom stereocenters. The molecular formula is C55H60IrN2O2-2. The van der Waals surface area contributed by atoms with Gasteiger partial charge in [-0.25, -0.2) is 4.98 Å². The minimum atomic E-state index is -0.0528. The monoisotopic (exact) mass is 973 g/mol. The third-order valence-corrected chi connectivity index (χ3v) is 11.8. The Bertz CT molecular complexity index is 2830. The Morgan fingerprint density at radius 3 is 1.63 bits per heavy atom. The van der Waals surface area contributed by atoms with E-state index in [-0.39, 0.29) is 48.9 Å². The van der Waals surface area contributed by atoms with Gasteiger partial charge in [0.25, 0.3) is 0 Å². The minimum absolute atomic E-state index is 0. The molecule has 313 valence electrons. The molecule has 0 aliphatic heterocycles. The second-order valence-corrected chi connectivity index (χ2v) is 16.3. The molecule has 0 amide bonds. The molecule has 2 heterocycles. The molecule has 5 heteroatoms. The number of hydrogen-bond donors (Lipinski definition) is 1. The summed E-state index contributed by atoms with van der Waals surface area (Å²) in [5.74, 6) is 1.47. The predicted octanol–water partition coefficient (Wildman–Crippen LogP) is 15.5. The number of fused-ring (bicyclic) bond motifs is 8. The molecule has 0 aliphatic carbocycles. The molecule has 0 bridgehead atoms. The van der Waals surface area contributed by atoms with E-state index in [9.17, 15) is 9.90 Å². The normalized spacial score (nSPS) is 11.8. The van der Waals surface area contributed by atoms with E-state index in [2.05, 4.69) is 160 Å². The van der Waals surface area contributed by atoms with Crippen LogP contribution in [0.4, 0.5) is 0 Å². The fourth-order valence-corrected chi connectivity index (χ4v) is 8.60. The quantitative estimate of drug-likeness (QED) is 0.0938. The largest absolute Gasteiger partial charge is 0.512 e. The van der Waals surface area contributed by atoms with Gasteiger partial charge in [-0.2, -0.15) is 19.4 Å². The number of aliphatic hydroxyl groups is 1. The molecule has 1 radical (unpaired) electrons. The van der Waals surface area contributed by atoms with Crippen molar-refractivity contribution in [1.82, 2.24) is 9.38 Å². The maximum absolute atomic E-state index is 11.7. The summed E-state index contributed by atoms with van der Waals surface area (Å²) in [6, 6.07) is 43.8. The average molecular weight is 973 g/mol. The van der Waals surface area contributed by atoms with E-state index in [1.807, 2.05) is 27.7 Å². The number of aliphatic hydroxyl groups excluding tert-OH is 1. The predicted molar refractivity (Wildman–Crippen MR) is 255 cm³/mol. The summed E-state index contributed by atoms with van der Waals surface area (Å²) < 4.78 is 2.39. The van der Waals surface area contributed by atoms with Crippen molar-refractivity contribution in [3.05, 3.63) is 158 Å². The van der Waals surface area contributed by atoms with Crippen LogP contribution in [0.1, 0.15) is 92.2 Å². The first-order valence-electron chi connectivity index (χ1n) is 21.4. The van der Waals surface area contributed by atoms with Gasteiger partial charge in [0, 0.05) is 48.8 Å². The number of aromatic nitrogens is 2. The third-order valence-electron chi connectivity index (χ3n) is 11.8. The zero-order valence-corrected chi connectivity index (χ0v) is 39.0. The van der Waals surface area contributed by atoms with E-state index in [4.69, 9.17) is 4.98 Å². The SMILES string of the molecule is CCC(CC)C(=O)/C=C(\O)C(CC)CC.[CH2-]C.[CH2-]c1c(-c2nc3cccc4c5ccccc5c5ccccc5c5ccccc5n2c34)cc(C(C)(C)C)c2ccccc12.[Ir]. The summed E-state index contributed by atoms with van der Waals surface area (Å²) in [5.41, 5.74) is 6.53. The Labute approximate surface area is 370 Å². The molecule has 0 saturated carbocycles. The minimum Gasteiger partial charge on any atom is -0.512 e. The van der Waals surface area contributed by atoms with Crippen molar-refractivity contribution in [2.75, 3.05) is 0 Å². The first-order valence-corrected chi connectivity index (χ1v) is 21.4. The van der Waals surface area contributed by atoms with Crippen LogP contribution in [0.2, 0.25) is 0 Å². The number of carbonyl (C=O) groups is 1. The zero-order valence-electron chi connectivity index (χ0n) is 36.6. The Hall–Kier alpha value is -5.22. The van der Waals surface area contributed by atoms with Crippen LogP contribution in [0.3, 0.4) is 0 Å². The number of allylic oxidation sites excluding steroid dienone is 2. The molecule has 0 aliphatic rings. The molecule has 8 rings (SSSR count). The molecule has 1 N–H and O–H groups in total. The van der Waals surface area contributed by atoms with Crippen LogP contribution in [-0.2, 0) is 30.3 Å². The molecule has 0 fully saturated rings. The number of ketones is 1. The second-order valence-electron chi connectivity index (χ2n) is 16.3. The van der Waals surface area contributed by atoms with Gasteiger partial charge in [0.1, 0.15) is 0 Å².